The van der Waals surface area contributed by atoms with Gasteiger partial charge in [-0.3, -0.25) is 5.10 Å². The smallest absolute Gasteiger partial charge is 0.219 e. The summed E-state index contributed by atoms with van der Waals surface area (Å²) in [6, 6.07) is 8.21. The van der Waals surface area contributed by atoms with Gasteiger partial charge < -0.3 is 9.47 Å². The van der Waals surface area contributed by atoms with Crippen LogP contribution in [0, 0.1) is 5.82 Å². The quantitative estimate of drug-likeness (QED) is 0.797. The maximum atomic E-state index is 13.2. The van der Waals surface area contributed by atoms with Crippen molar-refractivity contribution >= 4 is 11.3 Å². The van der Waals surface area contributed by atoms with Crippen molar-refractivity contribution in [2.75, 3.05) is 13.2 Å². The van der Waals surface area contributed by atoms with Crippen LogP contribution in [0.15, 0.2) is 36.5 Å². The molecule has 0 amide bonds. The SMILES string of the molecule is CC1(c2nc(-c3ccn[nH]3)c(-c3ccc(F)cc3)s2)OCCO1. The van der Waals surface area contributed by atoms with Gasteiger partial charge in [0.25, 0.3) is 0 Å². The number of aromatic amines is 1. The summed E-state index contributed by atoms with van der Waals surface area (Å²) in [7, 11) is 0. The highest BCUT2D eigenvalue weighted by atomic mass is 32.1. The lowest BCUT2D eigenvalue weighted by Crippen LogP contribution is -2.21. The van der Waals surface area contributed by atoms with Crippen molar-refractivity contribution in [2.45, 2.75) is 12.7 Å². The van der Waals surface area contributed by atoms with Gasteiger partial charge in [0.2, 0.25) is 5.79 Å². The van der Waals surface area contributed by atoms with Gasteiger partial charge in [0, 0.05) is 6.20 Å². The molecule has 7 heteroatoms. The highest BCUT2D eigenvalue weighted by Gasteiger charge is 2.37. The fraction of sp³-hybridized carbons (Fsp3) is 0.250. The van der Waals surface area contributed by atoms with Crippen LogP contribution in [0.2, 0.25) is 0 Å². The van der Waals surface area contributed by atoms with Gasteiger partial charge in [-0.1, -0.05) is 12.1 Å². The standard InChI is InChI=1S/C16H14FN3O2S/c1-16(21-8-9-22-16)15-19-13(12-6-7-18-20-12)14(23-15)10-2-4-11(17)5-3-10/h2-7H,8-9H2,1H3,(H,18,20). The molecule has 5 nitrogen and oxygen atoms in total. The van der Waals surface area contributed by atoms with Crippen LogP contribution in [0.1, 0.15) is 11.9 Å². The molecule has 1 N–H and O–H groups in total. The molecule has 1 fully saturated rings. The number of hydrogen-bond acceptors (Lipinski definition) is 5. The summed E-state index contributed by atoms with van der Waals surface area (Å²) in [5.41, 5.74) is 2.45. The van der Waals surface area contributed by atoms with E-state index in [9.17, 15) is 4.39 Å². The monoisotopic (exact) mass is 331 g/mol. The van der Waals surface area contributed by atoms with Crippen LogP contribution in [0.4, 0.5) is 4.39 Å². The number of rotatable bonds is 3. The van der Waals surface area contributed by atoms with Gasteiger partial charge in [-0.25, -0.2) is 9.37 Å². The lowest BCUT2D eigenvalue weighted by molar-refractivity contribution is -0.149. The first kappa shape index (κ1) is 14.5. The fourth-order valence-electron chi connectivity index (χ4n) is 2.52. The van der Waals surface area contributed by atoms with Crippen LogP contribution < -0.4 is 0 Å². The van der Waals surface area contributed by atoms with Gasteiger partial charge in [-0.2, -0.15) is 5.10 Å². The molecule has 1 aliphatic heterocycles. The van der Waals surface area contributed by atoms with E-state index in [-0.39, 0.29) is 5.82 Å². The molecule has 1 saturated heterocycles. The molecule has 0 atom stereocenters. The van der Waals surface area contributed by atoms with Crippen LogP contribution in [-0.4, -0.2) is 28.4 Å². The van der Waals surface area contributed by atoms with Crippen LogP contribution in [-0.2, 0) is 15.3 Å². The molecule has 0 spiro atoms. The van der Waals surface area contributed by atoms with Crippen molar-refractivity contribution in [2.24, 2.45) is 0 Å². The number of nitrogens with one attached hydrogen (secondary N) is 1. The van der Waals surface area contributed by atoms with E-state index in [1.54, 1.807) is 18.3 Å². The average Bonchev–Trinajstić information content (AvgIpc) is 3.28. The third-order valence-electron chi connectivity index (χ3n) is 3.72. The largest absolute Gasteiger partial charge is 0.342 e. The molecule has 0 aliphatic carbocycles. The second kappa shape index (κ2) is 5.52. The normalized spacial score (nSPS) is 16.8. The van der Waals surface area contributed by atoms with Crippen molar-refractivity contribution in [3.8, 4) is 21.8 Å². The molecule has 0 radical (unpaired) electrons. The third kappa shape index (κ3) is 2.56. The van der Waals surface area contributed by atoms with Crippen LogP contribution in [0.3, 0.4) is 0 Å². The molecule has 3 heterocycles. The van der Waals surface area contributed by atoms with Gasteiger partial charge >= 0.3 is 0 Å². The highest BCUT2D eigenvalue weighted by Crippen LogP contribution is 2.42. The fourth-order valence-corrected chi connectivity index (χ4v) is 3.66. The number of nitrogens with zero attached hydrogens (tertiary/aromatic N) is 2. The van der Waals surface area contributed by atoms with E-state index in [0.717, 1.165) is 26.8 Å². The number of benzene rings is 1. The third-order valence-corrected chi connectivity index (χ3v) is 5.00. The molecule has 2 aromatic heterocycles. The Morgan fingerprint density at radius 1 is 1.17 bits per heavy atom. The molecule has 118 valence electrons. The minimum Gasteiger partial charge on any atom is -0.342 e. The Labute approximate surface area is 136 Å². The minimum atomic E-state index is -0.836. The van der Waals surface area contributed by atoms with E-state index in [0.29, 0.717) is 13.2 Å². The second-order valence-corrected chi connectivity index (χ2v) is 6.32. The average molecular weight is 331 g/mol. The van der Waals surface area contributed by atoms with E-state index in [4.69, 9.17) is 14.5 Å². The van der Waals surface area contributed by atoms with Crippen LogP contribution in [0.5, 0.6) is 0 Å². The van der Waals surface area contributed by atoms with Gasteiger partial charge in [0.15, 0.2) is 5.01 Å². The molecule has 0 unspecified atom stereocenters. The molecule has 4 rings (SSSR count). The number of H-pyrrole nitrogens is 1. The van der Waals surface area contributed by atoms with E-state index in [1.165, 1.54) is 23.5 Å². The lowest BCUT2D eigenvalue weighted by atomic mass is 10.1. The summed E-state index contributed by atoms with van der Waals surface area (Å²) in [6.45, 7) is 2.95. The first-order valence-electron chi connectivity index (χ1n) is 7.21. The number of aromatic nitrogens is 3. The maximum Gasteiger partial charge on any atom is 0.219 e. The van der Waals surface area contributed by atoms with Crippen LogP contribution >= 0.6 is 11.3 Å². The Bertz CT molecular complexity index is 808. The van der Waals surface area contributed by atoms with E-state index >= 15 is 0 Å². The van der Waals surface area contributed by atoms with Crippen molar-refractivity contribution in [3.05, 3.63) is 47.4 Å². The summed E-state index contributed by atoms with van der Waals surface area (Å²) in [5, 5.41) is 7.65. The highest BCUT2D eigenvalue weighted by molar-refractivity contribution is 7.15. The van der Waals surface area contributed by atoms with Crippen LogP contribution in [0.25, 0.3) is 21.8 Å². The minimum absolute atomic E-state index is 0.268. The zero-order valence-electron chi connectivity index (χ0n) is 12.4. The molecule has 1 aliphatic rings. The van der Waals surface area contributed by atoms with Crippen molar-refractivity contribution in [1.82, 2.24) is 15.2 Å². The molecule has 23 heavy (non-hydrogen) atoms. The van der Waals surface area contributed by atoms with Crippen molar-refractivity contribution in [1.29, 1.82) is 0 Å². The first-order valence-corrected chi connectivity index (χ1v) is 8.02. The Morgan fingerprint density at radius 3 is 2.57 bits per heavy atom. The van der Waals surface area contributed by atoms with Gasteiger partial charge in [0.1, 0.15) is 11.5 Å². The Balaban J connectivity index is 1.86. The number of ether oxygens (including phenoxy) is 2. The van der Waals surface area contributed by atoms with Crippen molar-refractivity contribution in [3.63, 3.8) is 0 Å². The zero-order chi connectivity index (χ0) is 15.9. The summed E-state index contributed by atoms with van der Waals surface area (Å²) in [6.07, 6.45) is 1.67. The van der Waals surface area contributed by atoms with Gasteiger partial charge in [-0.05, 0) is 30.7 Å². The van der Waals surface area contributed by atoms with E-state index in [1.807, 2.05) is 13.0 Å². The number of hydrogen-bond donors (Lipinski definition) is 1. The molecular weight excluding hydrogens is 317 g/mol. The summed E-state index contributed by atoms with van der Waals surface area (Å²) in [4.78, 5) is 5.63. The number of halogens is 1. The second-order valence-electron chi connectivity index (χ2n) is 5.32. The predicted octanol–water partition coefficient (Wildman–Crippen LogP) is 3.56. The Hall–Kier alpha value is -2.09. The Kier molecular flexibility index (Phi) is 3.48. The number of thiazole rings is 1. The lowest BCUT2D eigenvalue weighted by Gasteiger charge is -2.18. The first-order chi connectivity index (χ1) is 11.2. The molecule has 1 aromatic carbocycles. The molecule has 3 aromatic rings. The topological polar surface area (TPSA) is 60.0 Å². The summed E-state index contributed by atoms with van der Waals surface area (Å²) < 4.78 is 24.6. The zero-order valence-corrected chi connectivity index (χ0v) is 13.2. The molecule has 0 bridgehead atoms. The maximum absolute atomic E-state index is 13.2. The Morgan fingerprint density at radius 2 is 1.91 bits per heavy atom. The summed E-state index contributed by atoms with van der Waals surface area (Å²) in [5.74, 6) is -1.10. The molecule has 0 saturated carbocycles. The van der Waals surface area contributed by atoms with Gasteiger partial charge in [-0.15, -0.1) is 11.3 Å². The molecular formula is C16H14FN3O2S. The van der Waals surface area contributed by atoms with Crippen molar-refractivity contribution < 1.29 is 13.9 Å². The predicted molar refractivity (Wildman–Crippen MR) is 84.3 cm³/mol. The van der Waals surface area contributed by atoms with E-state index in [2.05, 4.69) is 10.2 Å². The van der Waals surface area contributed by atoms with E-state index < -0.39 is 5.79 Å². The van der Waals surface area contributed by atoms with Gasteiger partial charge in [0.05, 0.1) is 23.8 Å². The summed E-state index contributed by atoms with van der Waals surface area (Å²) >= 11 is 1.48.